The van der Waals surface area contributed by atoms with Crippen LogP contribution in [-0.2, 0) is 14.8 Å². The molecule has 0 spiro atoms. The van der Waals surface area contributed by atoms with Gasteiger partial charge in [0.05, 0.1) is 25.2 Å². The number of carboxylic acid groups (broad SMARTS) is 1. The Morgan fingerprint density at radius 2 is 2.00 bits per heavy atom. The number of ether oxygens (including phenoxy) is 1. The first-order valence-corrected chi connectivity index (χ1v) is 7.48. The number of carbonyl (C=O) groups is 1. The zero-order valence-electron chi connectivity index (χ0n) is 11.2. The molecule has 0 saturated carbocycles. The number of aliphatic carboxylic acids is 1. The van der Waals surface area contributed by atoms with Gasteiger partial charge < -0.3 is 14.9 Å². The molecule has 8 heteroatoms. The molecule has 0 aliphatic rings. The van der Waals surface area contributed by atoms with Gasteiger partial charge in [-0.1, -0.05) is 12.1 Å². The number of hydrogen-bond donors (Lipinski definition) is 2. The second-order valence-corrected chi connectivity index (χ2v) is 6.04. The maximum atomic E-state index is 12.2. The van der Waals surface area contributed by atoms with E-state index in [2.05, 4.69) is 0 Å². The highest BCUT2D eigenvalue weighted by Crippen LogP contribution is 2.31. The van der Waals surface area contributed by atoms with Gasteiger partial charge in [-0.3, -0.25) is 0 Å². The normalized spacial score (nSPS) is 12.8. The molecule has 1 aromatic carbocycles. The highest BCUT2D eigenvalue weighted by atomic mass is 32.2. The molecule has 0 amide bonds. The highest BCUT2D eigenvalue weighted by molar-refractivity contribution is 7.92. The largest absolute Gasteiger partial charge is 0.495 e. The Morgan fingerprint density at radius 3 is 2.45 bits per heavy atom. The second kappa shape index (κ2) is 6.58. The van der Waals surface area contributed by atoms with Crippen molar-refractivity contribution < 1.29 is 28.2 Å². The van der Waals surface area contributed by atoms with E-state index in [1.165, 1.54) is 26.2 Å². The summed E-state index contributed by atoms with van der Waals surface area (Å²) in [4.78, 5) is 11.2. The summed E-state index contributed by atoms with van der Waals surface area (Å²) in [6.45, 7) is 0.556. The molecule has 7 nitrogen and oxygen atoms in total. The van der Waals surface area contributed by atoms with Crippen molar-refractivity contribution in [3.8, 4) is 5.75 Å². The Kier molecular flexibility index (Phi) is 5.34. The van der Waals surface area contributed by atoms with Gasteiger partial charge in [0.25, 0.3) is 0 Å². The van der Waals surface area contributed by atoms with Crippen molar-refractivity contribution in [2.24, 2.45) is 0 Å². The molecule has 2 N–H and O–H groups in total. The van der Waals surface area contributed by atoms with Crippen LogP contribution in [0.5, 0.6) is 5.75 Å². The zero-order valence-corrected chi connectivity index (χ0v) is 12.0. The number of para-hydroxylation sites is 2. The summed E-state index contributed by atoms with van der Waals surface area (Å²) >= 11 is 0. The lowest BCUT2D eigenvalue weighted by Gasteiger charge is -2.29. The Bertz CT molecular complexity index is 571. The number of hydrogen-bond acceptors (Lipinski definition) is 5. The lowest BCUT2D eigenvalue weighted by Crippen LogP contribution is -2.48. The van der Waals surface area contributed by atoms with Crippen LogP contribution in [0, 0.1) is 0 Å². The van der Waals surface area contributed by atoms with E-state index in [1.54, 1.807) is 12.1 Å². The Balaban J connectivity index is 3.49. The lowest BCUT2D eigenvalue weighted by molar-refractivity contribution is -0.139. The number of aliphatic hydroxyl groups excluding tert-OH is 1. The molecule has 1 atom stereocenters. The van der Waals surface area contributed by atoms with Crippen molar-refractivity contribution in [2.75, 3.05) is 23.8 Å². The zero-order chi connectivity index (χ0) is 15.3. The number of anilines is 1. The van der Waals surface area contributed by atoms with E-state index in [9.17, 15) is 18.3 Å². The maximum absolute atomic E-state index is 12.2. The van der Waals surface area contributed by atoms with E-state index >= 15 is 0 Å². The summed E-state index contributed by atoms with van der Waals surface area (Å²) in [6, 6.07) is 4.54. The third-order valence-corrected chi connectivity index (χ3v) is 4.51. The van der Waals surface area contributed by atoms with Gasteiger partial charge in [-0.25, -0.2) is 17.5 Å². The van der Waals surface area contributed by atoms with Crippen LogP contribution >= 0.6 is 0 Å². The molecule has 0 saturated heterocycles. The van der Waals surface area contributed by atoms with Crippen LogP contribution in [0.25, 0.3) is 0 Å². The van der Waals surface area contributed by atoms with E-state index in [0.717, 1.165) is 0 Å². The van der Waals surface area contributed by atoms with Crippen molar-refractivity contribution in [1.29, 1.82) is 0 Å². The van der Waals surface area contributed by atoms with Gasteiger partial charge >= 0.3 is 5.97 Å². The van der Waals surface area contributed by atoms with E-state index in [-0.39, 0.29) is 17.2 Å². The summed E-state index contributed by atoms with van der Waals surface area (Å²) in [7, 11) is -2.54. The average molecular weight is 303 g/mol. The predicted octanol–water partition coefficient (Wildman–Crippen LogP) is 0.297. The fourth-order valence-electron chi connectivity index (χ4n) is 1.72. The van der Waals surface area contributed by atoms with Gasteiger partial charge in [0.15, 0.2) is 6.04 Å². The Hall–Kier alpha value is -1.80. The number of benzene rings is 1. The molecule has 0 aromatic heterocycles. The summed E-state index contributed by atoms with van der Waals surface area (Å²) in [5.74, 6) is -1.52. The monoisotopic (exact) mass is 303 g/mol. The molecular formula is C12H17NO6S. The van der Waals surface area contributed by atoms with Gasteiger partial charge in [-0.2, -0.15) is 0 Å². The molecule has 0 heterocycles. The molecule has 0 radical (unpaired) electrons. The molecule has 0 bridgehead atoms. The smallest absolute Gasteiger partial charge is 0.329 e. The van der Waals surface area contributed by atoms with Crippen LogP contribution in [0.4, 0.5) is 5.69 Å². The van der Waals surface area contributed by atoms with E-state index < -0.39 is 28.6 Å². The van der Waals surface area contributed by atoms with Crippen LogP contribution in [-0.4, -0.2) is 50.1 Å². The van der Waals surface area contributed by atoms with Crippen LogP contribution in [0.15, 0.2) is 24.3 Å². The van der Waals surface area contributed by atoms with Crippen LogP contribution in [0.1, 0.15) is 6.92 Å². The molecular weight excluding hydrogens is 286 g/mol. The lowest BCUT2D eigenvalue weighted by atomic mass is 10.2. The third-order valence-electron chi connectivity index (χ3n) is 2.73. The van der Waals surface area contributed by atoms with E-state index in [4.69, 9.17) is 9.84 Å². The molecule has 1 aromatic rings. The van der Waals surface area contributed by atoms with E-state index in [1.807, 2.05) is 0 Å². The average Bonchev–Trinajstić information content (AvgIpc) is 2.43. The maximum Gasteiger partial charge on any atom is 0.329 e. The number of nitrogens with zero attached hydrogens (tertiary/aromatic N) is 1. The van der Waals surface area contributed by atoms with Gasteiger partial charge in [0, 0.05) is 0 Å². The first kappa shape index (κ1) is 16.3. The molecule has 0 unspecified atom stereocenters. The standard InChI is InChI=1S/C12H17NO6S/c1-3-20(17,18)13(10(8-14)12(15)16)9-6-4-5-7-11(9)19-2/h4-7,10,14H,3,8H2,1-2H3,(H,15,16)/t10-/m1/s1. The van der Waals surface area contributed by atoms with Crippen LogP contribution in [0.3, 0.4) is 0 Å². The molecule has 112 valence electrons. The Labute approximate surface area is 117 Å². The molecule has 20 heavy (non-hydrogen) atoms. The van der Waals surface area contributed by atoms with Crippen molar-refractivity contribution >= 4 is 21.7 Å². The number of rotatable bonds is 7. The number of methoxy groups -OCH3 is 1. The van der Waals surface area contributed by atoms with E-state index in [0.29, 0.717) is 4.31 Å². The predicted molar refractivity (Wildman–Crippen MR) is 73.4 cm³/mol. The number of aliphatic hydroxyl groups is 1. The summed E-state index contributed by atoms with van der Waals surface area (Å²) in [5.41, 5.74) is 0.0818. The fraction of sp³-hybridized carbons (Fsp3) is 0.417. The topological polar surface area (TPSA) is 104 Å². The summed E-state index contributed by atoms with van der Waals surface area (Å²) in [5, 5.41) is 18.3. The fourth-order valence-corrected chi connectivity index (χ4v) is 2.99. The highest BCUT2D eigenvalue weighted by Gasteiger charge is 2.35. The molecule has 0 aliphatic carbocycles. The minimum Gasteiger partial charge on any atom is -0.495 e. The van der Waals surface area contributed by atoms with Gasteiger partial charge in [0.1, 0.15) is 5.75 Å². The van der Waals surface area contributed by atoms with Crippen molar-refractivity contribution in [3.63, 3.8) is 0 Å². The minimum absolute atomic E-state index is 0.0818. The molecule has 0 fully saturated rings. The molecule has 0 aliphatic heterocycles. The quantitative estimate of drug-likeness (QED) is 0.750. The van der Waals surface area contributed by atoms with Gasteiger partial charge in [0.2, 0.25) is 10.0 Å². The molecule has 1 rings (SSSR count). The summed E-state index contributed by atoms with van der Waals surface area (Å²) < 4.78 is 30.1. The van der Waals surface area contributed by atoms with Crippen molar-refractivity contribution in [1.82, 2.24) is 0 Å². The first-order chi connectivity index (χ1) is 9.38. The van der Waals surface area contributed by atoms with Crippen molar-refractivity contribution in [2.45, 2.75) is 13.0 Å². The Morgan fingerprint density at radius 1 is 1.40 bits per heavy atom. The van der Waals surface area contributed by atoms with Gasteiger partial charge in [-0.15, -0.1) is 0 Å². The number of carboxylic acids is 1. The van der Waals surface area contributed by atoms with Gasteiger partial charge in [-0.05, 0) is 19.1 Å². The van der Waals surface area contributed by atoms with Crippen molar-refractivity contribution in [3.05, 3.63) is 24.3 Å². The number of sulfonamides is 1. The van der Waals surface area contributed by atoms with Crippen LogP contribution < -0.4 is 9.04 Å². The first-order valence-electron chi connectivity index (χ1n) is 5.87. The SMILES string of the molecule is CCS(=O)(=O)N(c1ccccc1OC)[C@H](CO)C(=O)O. The van der Waals surface area contributed by atoms with Crippen LogP contribution in [0.2, 0.25) is 0 Å². The third kappa shape index (κ3) is 3.20. The summed E-state index contributed by atoms with van der Waals surface area (Å²) in [6.07, 6.45) is 0. The second-order valence-electron chi connectivity index (χ2n) is 3.90. The minimum atomic E-state index is -3.89.